The smallest absolute Gasteiger partial charge is 0.210 e. The average Bonchev–Trinajstić information content (AvgIpc) is 2.39. The summed E-state index contributed by atoms with van der Waals surface area (Å²) in [6, 6.07) is 5.70. The quantitative estimate of drug-likeness (QED) is 0.539. The van der Waals surface area contributed by atoms with Crippen LogP contribution < -0.4 is 0 Å². The molecule has 112 valence electrons. The molecule has 0 aliphatic carbocycles. The number of hydrogen-bond acceptors (Lipinski definition) is 4. The molecule has 0 aromatic heterocycles. The predicted molar refractivity (Wildman–Crippen MR) is 92.5 cm³/mol. The van der Waals surface area contributed by atoms with E-state index < -0.39 is 15.6 Å². The molecule has 0 amide bonds. The molecule has 2 rings (SSSR count). The Morgan fingerprint density at radius 3 is 1.86 bits per heavy atom. The SMILES string of the molecule is O=S(=O)(c1cc(Br)cc(Br)c1)c1cc(Br)c(O)c(Br)c1O. The molecule has 2 N–H and O–H groups in total. The van der Waals surface area contributed by atoms with E-state index >= 15 is 0 Å². The number of benzene rings is 2. The highest BCUT2D eigenvalue weighted by Gasteiger charge is 2.26. The van der Waals surface area contributed by atoms with Gasteiger partial charge in [-0.3, -0.25) is 0 Å². The third-order valence-corrected chi connectivity index (χ3v) is 6.59. The first kappa shape index (κ1) is 17.3. The first-order valence-electron chi connectivity index (χ1n) is 5.25. The maximum atomic E-state index is 12.6. The molecule has 0 saturated heterocycles. The Morgan fingerprint density at radius 1 is 0.810 bits per heavy atom. The van der Waals surface area contributed by atoms with Crippen molar-refractivity contribution in [3.63, 3.8) is 0 Å². The van der Waals surface area contributed by atoms with Crippen LogP contribution in [0.1, 0.15) is 0 Å². The molecule has 0 aliphatic rings. The summed E-state index contributed by atoms with van der Waals surface area (Å²) >= 11 is 12.5. The van der Waals surface area contributed by atoms with Crippen LogP contribution in [-0.2, 0) is 9.84 Å². The van der Waals surface area contributed by atoms with Gasteiger partial charge in [0, 0.05) is 8.95 Å². The minimum absolute atomic E-state index is 0.00328. The summed E-state index contributed by atoms with van der Waals surface area (Å²) in [4.78, 5) is -0.312. The fraction of sp³-hybridized carbons (Fsp3) is 0. The lowest BCUT2D eigenvalue weighted by Gasteiger charge is -2.11. The van der Waals surface area contributed by atoms with Gasteiger partial charge in [-0.2, -0.15) is 0 Å². The van der Waals surface area contributed by atoms with Crippen LogP contribution in [-0.4, -0.2) is 18.6 Å². The van der Waals surface area contributed by atoms with Gasteiger partial charge in [0.1, 0.15) is 15.1 Å². The monoisotopic (exact) mass is 562 g/mol. The Labute approximate surface area is 154 Å². The number of sulfone groups is 1. The molecular weight excluding hydrogens is 560 g/mol. The van der Waals surface area contributed by atoms with Gasteiger partial charge in [-0.25, -0.2) is 8.42 Å². The number of rotatable bonds is 2. The summed E-state index contributed by atoms with van der Waals surface area (Å²) in [6.45, 7) is 0. The largest absolute Gasteiger partial charge is 0.505 e. The fourth-order valence-electron chi connectivity index (χ4n) is 1.59. The van der Waals surface area contributed by atoms with E-state index in [2.05, 4.69) is 63.7 Å². The van der Waals surface area contributed by atoms with Crippen LogP contribution in [0.15, 0.2) is 51.9 Å². The lowest BCUT2D eigenvalue weighted by molar-refractivity contribution is 0.431. The average molecular weight is 566 g/mol. The summed E-state index contributed by atoms with van der Waals surface area (Å²) < 4.78 is 26.5. The van der Waals surface area contributed by atoms with Crippen molar-refractivity contribution in [1.82, 2.24) is 0 Å². The van der Waals surface area contributed by atoms with Crippen molar-refractivity contribution in [2.75, 3.05) is 0 Å². The topological polar surface area (TPSA) is 74.6 Å². The molecule has 0 spiro atoms. The van der Waals surface area contributed by atoms with Crippen LogP contribution in [0, 0.1) is 0 Å². The molecule has 4 nitrogen and oxygen atoms in total. The van der Waals surface area contributed by atoms with E-state index in [0.717, 1.165) is 6.07 Å². The van der Waals surface area contributed by atoms with Gasteiger partial charge < -0.3 is 10.2 Å². The van der Waals surface area contributed by atoms with E-state index in [1.54, 1.807) is 6.07 Å². The molecule has 0 radical (unpaired) electrons. The van der Waals surface area contributed by atoms with Gasteiger partial charge in [0.2, 0.25) is 9.84 Å². The normalized spacial score (nSPS) is 11.6. The molecule has 0 bridgehead atoms. The lowest BCUT2D eigenvalue weighted by atomic mass is 10.3. The molecule has 0 atom stereocenters. The van der Waals surface area contributed by atoms with Crippen molar-refractivity contribution in [2.24, 2.45) is 0 Å². The van der Waals surface area contributed by atoms with Crippen molar-refractivity contribution in [3.05, 3.63) is 42.2 Å². The van der Waals surface area contributed by atoms with Gasteiger partial charge in [-0.15, -0.1) is 0 Å². The van der Waals surface area contributed by atoms with Gasteiger partial charge in [-0.05, 0) is 56.1 Å². The molecule has 2 aromatic rings. The molecule has 9 heteroatoms. The van der Waals surface area contributed by atoms with Crippen LogP contribution in [0.4, 0.5) is 0 Å². The van der Waals surface area contributed by atoms with E-state index in [9.17, 15) is 18.6 Å². The first-order chi connectivity index (χ1) is 9.64. The molecule has 2 aromatic carbocycles. The second kappa shape index (κ2) is 6.19. The van der Waals surface area contributed by atoms with E-state index in [1.165, 1.54) is 12.1 Å². The van der Waals surface area contributed by atoms with Crippen molar-refractivity contribution in [3.8, 4) is 11.5 Å². The van der Waals surface area contributed by atoms with Crippen LogP contribution in [0.25, 0.3) is 0 Å². The Balaban J connectivity index is 2.76. The Bertz CT molecular complexity index is 813. The maximum absolute atomic E-state index is 12.6. The molecule has 0 aliphatic heterocycles. The molecular formula is C12H6Br4O4S. The second-order valence-electron chi connectivity index (χ2n) is 3.98. The van der Waals surface area contributed by atoms with E-state index in [-0.39, 0.29) is 24.5 Å². The van der Waals surface area contributed by atoms with Gasteiger partial charge in [0.25, 0.3) is 0 Å². The van der Waals surface area contributed by atoms with E-state index in [0.29, 0.717) is 8.95 Å². The third-order valence-electron chi connectivity index (χ3n) is 2.57. The highest BCUT2D eigenvalue weighted by molar-refractivity contribution is 9.11. The van der Waals surface area contributed by atoms with Crippen LogP contribution in [0.5, 0.6) is 11.5 Å². The molecule has 21 heavy (non-hydrogen) atoms. The minimum atomic E-state index is -3.96. The van der Waals surface area contributed by atoms with E-state index in [1.807, 2.05) is 0 Å². The summed E-state index contributed by atoms with van der Waals surface area (Å²) in [5.74, 6) is -0.825. The number of hydrogen-bond donors (Lipinski definition) is 2. The van der Waals surface area contributed by atoms with Gasteiger partial charge >= 0.3 is 0 Å². The second-order valence-corrected chi connectivity index (χ2v) is 9.37. The Morgan fingerprint density at radius 2 is 1.33 bits per heavy atom. The highest BCUT2D eigenvalue weighted by atomic mass is 79.9. The molecule has 0 unspecified atom stereocenters. The molecule has 0 heterocycles. The molecule has 0 fully saturated rings. The summed E-state index contributed by atoms with van der Waals surface area (Å²) in [7, 11) is -3.96. The maximum Gasteiger partial charge on any atom is 0.210 e. The lowest BCUT2D eigenvalue weighted by Crippen LogP contribution is -2.03. The summed E-state index contributed by atoms with van der Waals surface area (Å²) in [5.41, 5.74) is 0. The van der Waals surface area contributed by atoms with Crippen LogP contribution in [0.2, 0.25) is 0 Å². The van der Waals surface area contributed by atoms with Crippen LogP contribution >= 0.6 is 63.7 Å². The van der Waals surface area contributed by atoms with Gasteiger partial charge in [-0.1, -0.05) is 31.9 Å². The zero-order valence-electron chi connectivity index (χ0n) is 9.94. The summed E-state index contributed by atoms with van der Waals surface area (Å²) in [6.07, 6.45) is 0. The number of phenolic OH excluding ortho intramolecular Hbond substituents is 2. The Kier molecular flexibility index (Phi) is 5.09. The predicted octanol–water partition coefficient (Wildman–Crippen LogP) is 4.98. The van der Waals surface area contributed by atoms with Crippen molar-refractivity contribution in [1.29, 1.82) is 0 Å². The zero-order chi connectivity index (χ0) is 15.9. The molecule has 0 saturated carbocycles. The highest BCUT2D eigenvalue weighted by Crippen LogP contribution is 2.44. The Hall–Kier alpha value is -0.0900. The van der Waals surface area contributed by atoms with Crippen LogP contribution in [0.3, 0.4) is 0 Å². The summed E-state index contributed by atoms with van der Waals surface area (Å²) in [5, 5.41) is 19.7. The van der Waals surface area contributed by atoms with Gasteiger partial charge in [0.15, 0.2) is 5.75 Å². The number of phenols is 2. The van der Waals surface area contributed by atoms with Gasteiger partial charge in [0.05, 0.1) is 9.37 Å². The number of halogens is 4. The van der Waals surface area contributed by atoms with Crippen molar-refractivity contribution >= 4 is 73.6 Å². The zero-order valence-corrected chi connectivity index (χ0v) is 17.1. The fourth-order valence-corrected chi connectivity index (χ4v) is 6.04. The minimum Gasteiger partial charge on any atom is -0.505 e. The third kappa shape index (κ3) is 3.31. The van der Waals surface area contributed by atoms with Crippen molar-refractivity contribution < 1.29 is 18.6 Å². The first-order valence-corrected chi connectivity index (χ1v) is 9.91. The van der Waals surface area contributed by atoms with Crippen molar-refractivity contribution in [2.45, 2.75) is 9.79 Å². The number of aromatic hydroxyl groups is 2. The van der Waals surface area contributed by atoms with E-state index in [4.69, 9.17) is 0 Å². The standard InChI is InChI=1S/C12H6Br4O4S/c13-5-1-6(14)3-7(2-5)21(19,20)9-4-8(15)11(17)10(16)12(9)18/h1-4,17-18H.